The first-order valence-electron chi connectivity index (χ1n) is 7.17. The van der Waals surface area contributed by atoms with Crippen molar-refractivity contribution in [2.24, 2.45) is 5.41 Å². The Morgan fingerprint density at radius 3 is 2.37 bits per heavy atom. The van der Waals surface area contributed by atoms with E-state index in [9.17, 15) is 0 Å². The van der Waals surface area contributed by atoms with Crippen LogP contribution >= 0.6 is 0 Å². The molecule has 0 aromatic heterocycles. The molecule has 1 spiro atoms. The lowest BCUT2D eigenvalue weighted by Gasteiger charge is -2.40. The number of methoxy groups -OCH3 is 1. The van der Waals surface area contributed by atoms with Crippen LogP contribution in [0.3, 0.4) is 0 Å². The van der Waals surface area contributed by atoms with Crippen molar-refractivity contribution in [3.63, 3.8) is 0 Å². The lowest BCUT2D eigenvalue weighted by molar-refractivity contribution is 0.414. The number of anilines is 1. The first kappa shape index (κ1) is 12.8. The highest BCUT2D eigenvalue weighted by Crippen LogP contribution is 2.48. The topological polar surface area (TPSA) is 24.5 Å². The second kappa shape index (κ2) is 4.41. The van der Waals surface area contributed by atoms with Crippen LogP contribution in [0.15, 0.2) is 24.3 Å². The zero-order valence-electron chi connectivity index (χ0n) is 12.2. The summed E-state index contributed by atoms with van der Waals surface area (Å²) in [6.45, 7) is 8.03. The van der Waals surface area contributed by atoms with Crippen LogP contribution in [0.1, 0.15) is 26.7 Å². The predicted molar refractivity (Wildman–Crippen MR) is 79.0 cm³/mol. The molecule has 0 amide bonds. The molecule has 0 unspecified atom stereocenters. The van der Waals surface area contributed by atoms with Gasteiger partial charge in [0.2, 0.25) is 0 Å². The number of ether oxygens (including phenoxy) is 1. The molecule has 104 valence electrons. The minimum absolute atomic E-state index is 0.153. The van der Waals surface area contributed by atoms with E-state index in [4.69, 9.17) is 4.74 Å². The lowest BCUT2D eigenvalue weighted by Crippen LogP contribution is -2.49. The molecule has 0 radical (unpaired) electrons. The zero-order chi connectivity index (χ0) is 13.5. The number of nitrogens with zero attached hydrogens (tertiary/aromatic N) is 1. The molecule has 0 atom stereocenters. The van der Waals surface area contributed by atoms with Gasteiger partial charge in [0.1, 0.15) is 5.75 Å². The van der Waals surface area contributed by atoms with E-state index >= 15 is 0 Å². The maximum atomic E-state index is 5.26. The molecule has 1 aliphatic carbocycles. The summed E-state index contributed by atoms with van der Waals surface area (Å²) < 4.78 is 5.26. The predicted octanol–water partition coefficient (Wildman–Crippen LogP) is 2.66. The standard InChI is InChI=1S/C16H24N2O/c1-15(2)10-17-11-16(8-9-16)12-18(15)13-4-6-14(19-3)7-5-13/h4-7,17H,8-12H2,1-3H3. The summed E-state index contributed by atoms with van der Waals surface area (Å²) >= 11 is 0. The van der Waals surface area contributed by atoms with Crippen molar-refractivity contribution >= 4 is 5.69 Å². The molecule has 19 heavy (non-hydrogen) atoms. The Bertz CT molecular complexity index is 448. The van der Waals surface area contributed by atoms with Crippen molar-refractivity contribution in [1.29, 1.82) is 0 Å². The van der Waals surface area contributed by atoms with Gasteiger partial charge in [-0.1, -0.05) is 0 Å². The molecule has 3 nitrogen and oxygen atoms in total. The minimum Gasteiger partial charge on any atom is -0.497 e. The third-order valence-corrected chi connectivity index (χ3v) is 4.62. The van der Waals surface area contributed by atoms with E-state index in [0.29, 0.717) is 5.41 Å². The van der Waals surface area contributed by atoms with Gasteiger partial charge in [-0.15, -0.1) is 0 Å². The number of benzene rings is 1. The van der Waals surface area contributed by atoms with E-state index in [1.54, 1.807) is 7.11 Å². The zero-order valence-corrected chi connectivity index (χ0v) is 12.2. The molecule has 2 fully saturated rings. The molecular formula is C16H24N2O. The molecular weight excluding hydrogens is 236 g/mol. The van der Waals surface area contributed by atoms with E-state index < -0.39 is 0 Å². The van der Waals surface area contributed by atoms with Crippen molar-refractivity contribution in [2.45, 2.75) is 32.2 Å². The highest BCUT2D eigenvalue weighted by atomic mass is 16.5. The minimum atomic E-state index is 0.153. The summed E-state index contributed by atoms with van der Waals surface area (Å²) in [5.74, 6) is 0.927. The molecule has 3 rings (SSSR count). The van der Waals surface area contributed by atoms with Gasteiger partial charge in [0.15, 0.2) is 0 Å². The summed E-state index contributed by atoms with van der Waals surface area (Å²) in [4.78, 5) is 2.57. The monoisotopic (exact) mass is 260 g/mol. The molecule has 1 aromatic rings. The molecule has 3 heteroatoms. The molecule has 1 aliphatic heterocycles. The summed E-state index contributed by atoms with van der Waals surface area (Å²) in [6, 6.07) is 8.48. The molecule has 1 N–H and O–H groups in total. The Morgan fingerprint density at radius 1 is 1.11 bits per heavy atom. The van der Waals surface area contributed by atoms with Crippen LogP contribution in [-0.4, -0.2) is 32.3 Å². The third-order valence-electron chi connectivity index (χ3n) is 4.62. The Labute approximate surface area is 115 Å². The van der Waals surface area contributed by atoms with Gasteiger partial charge in [0.05, 0.1) is 7.11 Å². The maximum Gasteiger partial charge on any atom is 0.119 e. The summed E-state index contributed by atoms with van der Waals surface area (Å²) in [6.07, 6.45) is 2.73. The van der Waals surface area contributed by atoms with Gasteiger partial charge >= 0.3 is 0 Å². The third kappa shape index (κ3) is 2.44. The Balaban J connectivity index is 1.89. The van der Waals surface area contributed by atoms with Gasteiger partial charge in [0, 0.05) is 36.3 Å². The smallest absolute Gasteiger partial charge is 0.119 e. The van der Waals surface area contributed by atoms with Gasteiger partial charge in [-0.2, -0.15) is 0 Å². The molecule has 1 saturated heterocycles. The molecule has 1 aromatic carbocycles. The van der Waals surface area contributed by atoms with Crippen LogP contribution in [0.5, 0.6) is 5.75 Å². The van der Waals surface area contributed by atoms with Gasteiger partial charge < -0.3 is 15.0 Å². The van der Waals surface area contributed by atoms with Crippen LogP contribution in [0.4, 0.5) is 5.69 Å². The van der Waals surface area contributed by atoms with E-state index in [0.717, 1.165) is 12.3 Å². The second-order valence-electron chi connectivity index (χ2n) is 6.70. The highest BCUT2D eigenvalue weighted by Gasteiger charge is 2.47. The van der Waals surface area contributed by atoms with Crippen molar-refractivity contribution in [3.8, 4) is 5.75 Å². The Hall–Kier alpha value is -1.22. The number of nitrogens with one attached hydrogen (secondary N) is 1. The van der Waals surface area contributed by atoms with Crippen molar-refractivity contribution in [3.05, 3.63) is 24.3 Å². The van der Waals surface area contributed by atoms with Crippen LogP contribution in [0.2, 0.25) is 0 Å². The lowest BCUT2D eigenvalue weighted by atomic mass is 10.00. The van der Waals surface area contributed by atoms with Gasteiger partial charge in [-0.25, -0.2) is 0 Å². The average Bonchev–Trinajstić information content (AvgIpc) is 3.17. The van der Waals surface area contributed by atoms with Crippen molar-refractivity contribution < 1.29 is 4.74 Å². The maximum absolute atomic E-state index is 5.26. The van der Waals surface area contributed by atoms with Crippen molar-refractivity contribution in [2.75, 3.05) is 31.6 Å². The number of hydrogen-bond acceptors (Lipinski definition) is 3. The van der Waals surface area contributed by atoms with Crippen LogP contribution in [0.25, 0.3) is 0 Å². The summed E-state index contributed by atoms with van der Waals surface area (Å²) in [7, 11) is 1.72. The fourth-order valence-electron chi connectivity index (χ4n) is 3.05. The van der Waals surface area contributed by atoms with E-state index in [1.165, 1.54) is 31.6 Å². The Kier molecular flexibility index (Phi) is 2.97. The molecule has 1 heterocycles. The van der Waals surface area contributed by atoms with E-state index in [-0.39, 0.29) is 5.54 Å². The first-order valence-corrected chi connectivity index (χ1v) is 7.17. The largest absolute Gasteiger partial charge is 0.497 e. The van der Waals surface area contributed by atoms with Crippen LogP contribution < -0.4 is 15.0 Å². The second-order valence-corrected chi connectivity index (χ2v) is 6.70. The highest BCUT2D eigenvalue weighted by molar-refractivity contribution is 5.52. The van der Waals surface area contributed by atoms with Gasteiger partial charge in [-0.05, 0) is 51.0 Å². The SMILES string of the molecule is COc1ccc(N2CC3(CC3)CNCC2(C)C)cc1. The number of hydrogen-bond donors (Lipinski definition) is 1. The van der Waals surface area contributed by atoms with Crippen LogP contribution in [-0.2, 0) is 0 Å². The van der Waals surface area contributed by atoms with Gasteiger partial charge in [0.25, 0.3) is 0 Å². The molecule has 2 aliphatic rings. The fraction of sp³-hybridized carbons (Fsp3) is 0.625. The summed E-state index contributed by atoms with van der Waals surface area (Å²) in [5, 5.41) is 3.65. The van der Waals surface area contributed by atoms with Crippen molar-refractivity contribution in [1.82, 2.24) is 5.32 Å². The fourth-order valence-corrected chi connectivity index (χ4v) is 3.05. The molecule has 1 saturated carbocycles. The summed E-state index contributed by atoms with van der Waals surface area (Å²) in [5.41, 5.74) is 1.98. The van der Waals surface area contributed by atoms with E-state index in [1.807, 2.05) is 0 Å². The normalized spacial score (nSPS) is 24.1. The van der Waals surface area contributed by atoms with E-state index in [2.05, 4.69) is 48.3 Å². The quantitative estimate of drug-likeness (QED) is 0.885. The molecule has 0 bridgehead atoms. The average molecular weight is 260 g/mol. The number of rotatable bonds is 2. The van der Waals surface area contributed by atoms with Crippen LogP contribution in [0, 0.1) is 5.41 Å². The Morgan fingerprint density at radius 2 is 1.79 bits per heavy atom. The first-order chi connectivity index (χ1) is 9.05. The van der Waals surface area contributed by atoms with Gasteiger partial charge in [-0.3, -0.25) is 0 Å².